The number of hydrogen-bond donors (Lipinski definition) is 1. The van der Waals surface area contributed by atoms with Crippen LogP contribution in [-0.4, -0.2) is 5.11 Å². The number of para-hydroxylation sites is 2. The van der Waals surface area contributed by atoms with E-state index in [0.29, 0.717) is 0 Å². The molecule has 1 heterocycles. The first kappa shape index (κ1) is 27.2. The number of phenolic OH excluding ortho intramolecular Hbond substituents is 1. The molecule has 2 heteroatoms. The van der Waals surface area contributed by atoms with E-state index in [1.54, 1.807) is 6.07 Å². The van der Waals surface area contributed by atoms with Gasteiger partial charge in [-0.25, -0.2) is 0 Å². The Morgan fingerprint density at radius 2 is 0.979 bits per heavy atom. The smallest absolute Gasteiger partial charge is 0.143 e. The lowest BCUT2D eigenvalue weighted by Gasteiger charge is -2.20. The maximum absolute atomic E-state index is 11.1. The van der Waals surface area contributed by atoms with Gasteiger partial charge in [0, 0.05) is 27.5 Å². The van der Waals surface area contributed by atoms with E-state index in [-0.39, 0.29) is 5.75 Å². The van der Waals surface area contributed by atoms with Gasteiger partial charge in [-0.05, 0) is 86.1 Å². The van der Waals surface area contributed by atoms with Crippen molar-refractivity contribution in [2.24, 2.45) is 0 Å². The molecule has 1 N–H and O–H groups in total. The summed E-state index contributed by atoms with van der Waals surface area (Å²) in [6.07, 6.45) is 0. The summed E-state index contributed by atoms with van der Waals surface area (Å²) < 4.78 is 6.75. The first-order valence-electron chi connectivity index (χ1n) is 16.0. The van der Waals surface area contributed by atoms with Gasteiger partial charge in [-0.15, -0.1) is 0 Å². The summed E-state index contributed by atoms with van der Waals surface area (Å²) in [5.41, 5.74) is 11.5. The molecule has 0 bridgehead atoms. The number of phenols is 1. The maximum atomic E-state index is 11.1. The fraction of sp³-hybridized carbons (Fsp3) is 0.0222. The number of rotatable bonds is 4. The van der Waals surface area contributed by atoms with Crippen molar-refractivity contribution in [1.29, 1.82) is 0 Å². The second kappa shape index (κ2) is 10.8. The van der Waals surface area contributed by atoms with Gasteiger partial charge in [0.2, 0.25) is 0 Å². The van der Waals surface area contributed by atoms with Crippen LogP contribution in [-0.2, 0) is 0 Å². The van der Waals surface area contributed by atoms with Crippen LogP contribution < -0.4 is 0 Å². The first-order valence-corrected chi connectivity index (χ1v) is 16.0. The van der Waals surface area contributed by atoms with E-state index in [4.69, 9.17) is 4.42 Å². The number of benzene rings is 8. The number of hydrogen-bond acceptors (Lipinski definition) is 2. The Morgan fingerprint density at radius 3 is 1.68 bits per heavy atom. The van der Waals surface area contributed by atoms with E-state index in [0.717, 1.165) is 60.5 Å². The highest BCUT2D eigenvalue weighted by Gasteiger charge is 2.24. The Hall–Kier alpha value is -6.12. The molecule has 0 amide bonds. The quantitative estimate of drug-likeness (QED) is 0.203. The van der Waals surface area contributed by atoms with Crippen molar-refractivity contribution in [2.75, 3.05) is 0 Å². The summed E-state index contributed by atoms with van der Waals surface area (Å²) in [6, 6.07) is 55.0. The lowest BCUT2D eigenvalue weighted by molar-refractivity contribution is 0.477. The summed E-state index contributed by atoms with van der Waals surface area (Å²) >= 11 is 0. The average Bonchev–Trinajstić information content (AvgIpc) is 3.52. The number of aromatic hydroxyl groups is 1. The largest absolute Gasteiger partial charge is 0.507 e. The maximum Gasteiger partial charge on any atom is 0.143 e. The van der Waals surface area contributed by atoms with Crippen LogP contribution in [0.3, 0.4) is 0 Å². The number of aryl methyl sites for hydroxylation is 1. The van der Waals surface area contributed by atoms with Crippen LogP contribution in [0, 0.1) is 6.92 Å². The normalized spacial score (nSPS) is 11.6. The Labute approximate surface area is 272 Å². The lowest BCUT2D eigenvalue weighted by atomic mass is 9.83. The van der Waals surface area contributed by atoms with Crippen LogP contribution in [0.1, 0.15) is 5.56 Å². The average molecular weight is 603 g/mol. The monoisotopic (exact) mass is 602 g/mol. The Bertz CT molecular complexity index is 2590. The predicted octanol–water partition coefficient (Wildman–Crippen LogP) is 12.6. The molecule has 9 aromatic rings. The van der Waals surface area contributed by atoms with Gasteiger partial charge in [0.25, 0.3) is 0 Å². The van der Waals surface area contributed by atoms with Gasteiger partial charge in [0.1, 0.15) is 16.9 Å². The summed E-state index contributed by atoms with van der Waals surface area (Å²) in [5, 5.41) is 17.9. The molecular formula is C45H30O2. The molecule has 0 atom stereocenters. The van der Waals surface area contributed by atoms with Crippen molar-refractivity contribution >= 4 is 43.5 Å². The summed E-state index contributed by atoms with van der Waals surface area (Å²) in [6.45, 7) is 2.13. The van der Waals surface area contributed by atoms with Crippen LogP contribution >= 0.6 is 0 Å². The molecule has 222 valence electrons. The molecule has 2 nitrogen and oxygen atoms in total. The first-order chi connectivity index (χ1) is 23.2. The van der Waals surface area contributed by atoms with Gasteiger partial charge in [-0.1, -0.05) is 133 Å². The van der Waals surface area contributed by atoms with Crippen molar-refractivity contribution in [3.8, 4) is 50.3 Å². The van der Waals surface area contributed by atoms with Crippen LogP contribution in [0.2, 0.25) is 0 Å². The van der Waals surface area contributed by atoms with E-state index in [9.17, 15) is 5.11 Å². The standard InChI is InChI=1S/C45H30O2/c1-28-38(32-18-9-11-24-40(32)46)27-39(45-42(28)37-23-10-12-25-41(37)47-45)44-35-21-7-5-19-33(35)43(34-20-6-8-22-36(34)44)31-17-13-16-30(26-31)29-14-3-2-4-15-29/h2-27,46H,1H3. The molecule has 0 unspecified atom stereocenters. The Kier molecular flexibility index (Phi) is 6.22. The third kappa shape index (κ3) is 4.26. The minimum absolute atomic E-state index is 0.261. The fourth-order valence-electron chi connectivity index (χ4n) is 7.44. The highest BCUT2D eigenvalue weighted by atomic mass is 16.3. The molecule has 9 rings (SSSR count). The fourth-order valence-corrected chi connectivity index (χ4v) is 7.44. The molecular weight excluding hydrogens is 572 g/mol. The van der Waals surface area contributed by atoms with Crippen LogP contribution in [0.5, 0.6) is 5.75 Å². The van der Waals surface area contributed by atoms with Gasteiger partial charge in [-0.2, -0.15) is 0 Å². The summed E-state index contributed by atoms with van der Waals surface area (Å²) in [7, 11) is 0. The Balaban J connectivity index is 1.42. The SMILES string of the molecule is Cc1c(-c2ccccc2O)cc(-c2c3ccccc3c(-c3cccc(-c4ccccc4)c3)c3ccccc23)c2oc3ccccc3c12. The molecule has 0 fully saturated rings. The van der Waals surface area contributed by atoms with Crippen LogP contribution in [0.25, 0.3) is 88.0 Å². The summed E-state index contributed by atoms with van der Waals surface area (Å²) in [5.74, 6) is 0.261. The van der Waals surface area contributed by atoms with E-state index in [2.05, 4.69) is 128 Å². The van der Waals surface area contributed by atoms with Crippen molar-refractivity contribution in [2.45, 2.75) is 6.92 Å². The molecule has 0 spiro atoms. The third-order valence-corrected chi connectivity index (χ3v) is 9.56. The van der Waals surface area contributed by atoms with E-state index < -0.39 is 0 Å². The third-order valence-electron chi connectivity index (χ3n) is 9.56. The molecule has 0 aliphatic heterocycles. The molecule has 8 aromatic carbocycles. The second-order valence-corrected chi connectivity index (χ2v) is 12.2. The zero-order chi connectivity index (χ0) is 31.5. The Morgan fingerprint density at radius 1 is 0.426 bits per heavy atom. The van der Waals surface area contributed by atoms with Gasteiger partial charge < -0.3 is 9.52 Å². The highest BCUT2D eigenvalue weighted by molar-refractivity contribution is 6.25. The van der Waals surface area contributed by atoms with E-state index >= 15 is 0 Å². The molecule has 0 radical (unpaired) electrons. The van der Waals surface area contributed by atoms with E-state index in [1.807, 2.05) is 30.3 Å². The van der Waals surface area contributed by atoms with Gasteiger partial charge in [0.15, 0.2) is 0 Å². The molecule has 1 aromatic heterocycles. The topological polar surface area (TPSA) is 33.4 Å². The van der Waals surface area contributed by atoms with E-state index in [1.165, 1.54) is 33.0 Å². The lowest BCUT2D eigenvalue weighted by Crippen LogP contribution is -1.93. The van der Waals surface area contributed by atoms with Gasteiger partial charge >= 0.3 is 0 Å². The molecule has 0 saturated carbocycles. The molecule has 0 saturated heterocycles. The highest BCUT2D eigenvalue weighted by Crippen LogP contribution is 2.49. The van der Waals surface area contributed by atoms with Gasteiger partial charge in [-0.3, -0.25) is 0 Å². The van der Waals surface area contributed by atoms with Crippen molar-refractivity contribution < 1.29 is 9.52 Å². The number of furan rings is 1. The van der Waals surface area contributed by atoms with Crippen molar-refractivity contribution in [3.63, 3.8) is 0 Å². The minimum Gasteiger partial charge on any atom is -0.507 e. The number of fused-ring (bicyclic) bond motifs is 5. The molecule has 0 aliphatic rings. The van der Waals surface area contributed by atoms with Crippen molar-refractivity contribution in [3.05, 3.63) is 163 Å². The second-order valence-electron chi connectivity index (χ2n) is 12.2. The molecule has 0 aliphatic carbocycles. The van der Waals surface area contributed by atoms with Crippen molar-refractivity contribution in [1.82, 2.24) is 0 Å². The zero-order valence-electron chi connectivity index (χ0n) is 25.9. The molecule has 47 heavy (non-hydrogen) atoms. The minimum atomic E-state index is 0.261. The predicted molar refractivity (Wildman–Crippen MR) is 197 cm³/mol. The van der Waals surface area contributed by atoms with Gasteiger partial charge in [0.05, 0.1) is 0 Å². The summed E-state index contributed by atoms with van der Waals surface area (Å²) in [4.78, 5) is 0. The zero-order valence-corrected chi connectivity index (χ0v) is 25.9. The van der Waals surface area contributed by atoms with Crippen LogP contribution in [0.15, 0.2) is 162 Å². The van der Waals surface area contributed by atoms with Crippen LogP contribution in [0.4, 0.5) is 0 Å².